The molecule has 268 valence electrons. The Morgan fingerprint density at radius 3 is 1.84 bits per heavy atom. The number of anilines is 3. The van der Waals surface area contributed by atoms with Gasteiger partial charge < -0.3 is 9.47 Å². The van der Waals surface area contributed by atoms with E-state index in [-0.39, 0.29) is 10.8 Å². The molecular weight excluding hydrogens is 677 g/mol. The third-order valence-electron chi connectivity index (χ3n) is 12.8. The first kappa shape index (κ1) is 32.8. The summed E-state index contributed by atoms with van der Waals surface area (Å²) in [6.45, 7) is 9.48. The summed E-state index contributed by atoms with van der Waals surface area (Å²) < 4.78 is 2.44. The topological polar surface area (TPSA) is 8.17 Å². The van der Waals surface area contributed by atoms with Crippen LogP contribution < -0.4 is 4.90 Å². The molecule has 0 unspecified atom stereocenters. The van der Waals surface area contributed by atoms with Gasteiger partial charge in [-0.05, 0) is 93.0 Å². The van der Waals surface area contributed by atoms with Crippen LogP contribution in [0.2, 0.25) is 0 Å². The van der Waals surface area contributed by atoms with E-state index in [4.69, 9.17) is 0 Å². The summed E-state index contributed by atoms with van der Waals surface area (Å²) in [5.74, 6) is 0. The predicted molar refractivity (Wildman–Crippen MR) is 236 cm³/mol. The van der Waals surface area contributed by atoms with Gasteiger partial charge in [-0.1, -0.05) is 161 Å². The zero-order chi connectivity index (χ0) is 37.8. The van der Waals surface area contributed by atoms with Gasteiger partial charge in [0.2, 0.25) is 0 Å². The second-order valence-electron chi connectivity index (χ2n) is 16.5. The Kier molecular flexibility index (Phi) is 6.98. The molecule has 0 fully saturated rings. The van der Waals surface area contributed by atoms with Gasteiger partial charge in [0.1, 0.15) is 0 Å². The summed E-state index contributed by atoms with van der Waals surface area (Å²) >= 11 is 0. The van der Waals surface area contributed by atoms with Gasteiger partial charge in [0, 0.05) is 49.8 Å². The van der Waals surface area contributed by atoms with Crippen LogP contribution in [0.4, 0.5) is 17.1 Å². The van der Waals surface area contributed by atoms with Crippen LogP contribution in [-0.4, -0.2) is 4.57 Å². The molecule has 1 heterocycles. The molecule has 8 aromatic carbocycles. The smallest absolute Gasteiger partial charge is 0.0619 e. The maximum atomic E-state index is 2.52. The van der Waals surface area contributed by atoms with Gasteiger partial charge in [0.05, 0.1) is 16.7 Å². The van der Waals surface area contributed by atoms with Crippen molar-refractivity contribution in [2.24, 2.45) is 0 Å². The van der Waals surface area contributed by atoms with Crippen molar-refractivity contribution < 1.29 is 0 Å². The fourth-order valence-electron chi connectivity index (χ4n) is 10.1. The van der Waals surface area contributed by atoms with Crippen molar-refractivity contribution in [2.75, 3.05) is 4.90 Å². The molecule has 9 aromatic rings. The fourth-order valence-corrected chi connectivity index (χ4v) is 10.1. The van der Waals surface area contributed by atoms with Gasteiger partial charge in [0.25, 0.3) is 0 Å². The van der Waals surface area contributed by atoms with Gasteiger partial charge in [-0.25, -0.2) is 0 Å². The maximum absolute atomic E-state index is 2.52. The Balaban J connectivity index is 1.17. The fraction of sp³-hybridized carbons (Fsp3) is 0.111. The monoisotopic (exact) mass is 718 g/mol. The summed E-state index contributed by atoms with van der Waals surface area (Å²) in [5, 5.41) is 2.51. The second-order valence-corrected chi connectivity index (χ2v) is 16.5. The lowest BCUT2D eigenvalue weighted by atomic mass is 9.82. The molecule has 0 aliphatic heterocycles. The van der Waals surface area contributed by atoms with Crippen LogP contribution in [0, 0.1) is 0 Å². The Bertz CT molecular complexity index is 3030. The van der Waals surface area contributed by atoms with Crippen LogP contribution >= 0.6 is 0 Å². The van der Waals surface area contributed by atoms with E-state index in [1.165, 1.54) is 83.1 Å². The molecule has 0 atom stereocenters. The normalized spacial score (nSPS) is 14.4. The molecule has 2 nitrogen and oxygen atoms in total. The maximum Gasteiger partial charge on any atom is 0.0619 e. The molecule has 2 aliphatic rings. The van der Waals surface area contributed by atoms with Crippen molar-refractivity contribution in [1.29, 1.82) is 0 Å². The van der Waals surface area contributed by atoms with Gasteiger partial charge >= 0.3 is 0 Å². The van der Waals surface area contributed by atoms with Crippen molar-refractivity contribution in [3.05, 3.63) is 204 Å². The molecule has 2 aliphatic carbocycles. The quantitative estimate of drug-likeness (QED) is 0.172. The molecule has 1 aromatic heterocycles. The Morgan fingerprint density at radius 1 is 0.411 bits per heavy atom. The van der Waals surface area contributed by atoms with Gasteiger partial charge in [-0.2, -0.15) is 0 Å². The number of fused-ring (bicyclic) bond motifs is 9. The standard InChI is InChI=1S/C54H42N2/c1-53(2)46-27-12-9-23-44(46)51-47(53)28-16-30-50(51)55(38-31-32-41-40-21-8-11-26-45(40)54(3,4)48(41)34-38)37-20-14-17-35(33-37)39-24-15-25-43-42-22-10-13-29-49(42)56(52(39)43)36-18-6-5-7-19-36/h5-34H,1-4H3. The number of aromatic nitrogens is 1. The molecular formula is C54H42N2. The molecule has 0 amide bonds. The summed E-state index contributed by atoms with van der Waals surface area (Å²) in [6.07, 6.45) is 0. The number of rotatable bonds is 5. The highest BCUT2D eigenvalue weighted by Crippen LogP contribution is 2.56. The molecule has 0 saturated heterocycles. The summed E-state index contributed by atoms with van der Waals surface area (Å²) in [7, 11) is 0. The molecule has 0 radical (unpaired) electrons. The highest BCUT2D eigenvalue weighted by molar-refractivity contribution is 6.14. The molecule has 2 heteroatoms. The minimum absolute atomic E-state index is 0.114. The van der Waals surface area contributed by atoms with Crippen molar-refractivity contribution in [1.82, 2.24) is 4.57 Å². The molecule has 56 heavy (non-hydrogen) atoms. The van der Waals surface area contributed by atoms with E-state index in [1.54, 1.807) is 0 Å². The van der Waals surface area contributed by atoms with E-state index in [1.807, 2.05) is 0 Å². The van der Waals surface area contributed by atoms with E-state index in [9.17, 15) is 0 Å². The number of hydrogen-bond donors (Lipinski definition) is 0. The van der Waals surface area contributed by atoms with Gasteiger partial charge in [-0.3, -0.25) is 0 Å². The molecule has 0 saturated carbocycles. The summed E-state index contributed by atoms with van der Waals surface area (Å²) in [6, 6.07) is 67.5. The van der Waals surface area contributed by atoms with E-state index < -0.39 is 0 Å². The average molecular weight is 719 g/mol. The van der Waals surface area contributed by atoms with E-state index in [0.29, 0.717) is 0 Å². The molecule has 0 bridgehead atoms. The SMILES string of the molecule is CC1(C)c2ccccc2-c2ccc(N(c3cccc(-c4cccc5c6ccccc6n(-c6ccccc6)c45)c3)c3cccc4c3-c3ccccc3C4(C)C)cc21. The van der Waals surface area contributed by atoms with Crippen LogP contribution in [0.1, 0.15) is 49.9 Å². The highest BCUT2D eigenvalue weighted by atomic mass is 15.1. The van der Waals surface area contributed by atoms with Crippen LogP contribution in [0.5, 0.6) is 0 Å². The van der Waals surface area contributed by atoms with Crippen LogP contribution in [0.15, 0.2) is 182 Å². The summed E-state index contributed by atoms with van der Waals surface area (Å²) in [4.78, 5) is 2.52. The minimum Gasteiger partial charge on any atom is -0.310 e. The molecule has 0 N–H and O–H groups in total. The first-order valence-corrected chi connectivity index (χ1v) is 19.8. The summed E-state index contributed by atoms with van der Waals surface area (Å²) in [5.41, 5.74) is 20.0. The largest absolute Gasteiger partial charge is 0.310 e. The third-order valence-corrected chi connectivity index (χ3v) is 12.8. The lowest BCUT2D eigenvalue weighted by Gasteiger charge is -2.30. The van der Waals surface area contributed by atoms with Crippen molar-refractivity contribution in [3.63, 3.8) is 0 Å². The molecule has 0 spiro atoms. The first-order valence-electron chi connectivity index (χ1n) is 19.8. The highest BCUT2D eigenvalue weighted by Gasteiger charge is 2.39. The van der Waals surface area contributed by atoms with Crippen LogP contribution in [-0.2, 0) is 10.8 Å². The zero-order valence-electron chi connectivity index (χ0n) is 32.2. The van der Waals surface area contributed by atoms with Gasteiger partial charge in [0.15, 0.2) is 0 Å². The second kappa shape index (κ2) is 11.9. The van der Waals surface area contributed by atoms with E-state index in [0.717, 1.165) is 17.1 Å². The number of para-hydroxylation sites is 3. The predicted octanol–water partition coefficient (Wildman–Crippen LogP) is 14.5. The Labute approximate surface area is 328 Å². The zero-order valence-corrected chi connectivity index (χ0v) is 32.2. The Morgan fingerprint density at radius 2 is 1.00 bits per heavy atom. The van der Waals surface area contributed by atoms with E-state index >= 15 is 0 Å². The average Bonchev–Trinajstić information content (AvgIpc) is 3.79. The minimum atomic E-state index is -0.122. The van der Waals surface area contributed by atoms with Crippen molar-refractivity contribution >= 4 is 38.9 Å². The third kappa shape index (κ3) is 4.56. The van der Waals surface area contributed by atoms with Crippen LogP contribution in [0.25, 0.3) is 60.9 Å². The van der Waals surface area contributed by atoms with Crippen molar-refractivity contribution in [3.8, 4) is 39.1 Å². The van der Waals surface area contributed by atoms with Crippen LogP contribution in [0.3, 0.4) is 0 Å². The lowest BCUT2D eigenvalue weighted by molar-refractivity contribution is 0.660. The first-order chi connectivity index (χ1) is 27.3. The van der Waals surface area contributed by atoms with E-state index in [2.05, 4.69) is 219 Å². The molecule has 11 rings (SSSR count). The lowest BCUT2D eigenvalue weighted by Crippen LogP contribution is -2.17. The number of benzene rings is 8. The number of nitrogens with zero attached hydrogens (tertiary/aromatic N) is 2. The number of hydrogen-bond acceptors (Lipinski definition) is 1. The van der Waals surface area contributed by atoms with Crippen molar-refractivity contribution in [2.45, 2.75) is 38.5 Å². The van der Waals surface area contributed by atoms with Gasteiger partial charge in [-0.15, -0.1) is 0 Å². The Hall–Kier alpha value is -6.64.